The Balaban J connectivity index is 2.59. The van der Waals surface area contributed by atoms with E-state index in [0.29, 0.717) is 6.42 Å². The molecule has 152 valence electrons. The van der Waals surface area contributed by atoms with Crippen molar-refractivity contribution in [3.63, 3.8) is 0 Å². The molecule has 0 unspecified atom stereocenters. The normalized spacial score (nSPS) is 22.1. The second-order valence-electron chi connectivity index (χ2n) is 6.44. The molecular formula is C15H28NO9P. The van der Waals surface area contributed by atoms with E-state index in [0.717, 1.165) is 0 Å². The molecule has 0 aromatic heterocycles. The van der Waals surface area contributed by atoms with Crippen LogP contribution >= 0.6 is 8.17 Å². The average molecular weight is 397 g/mol. The van der Waals surface area contributed by atoms with Crippen LogP contribution in [0.2, 0.25) is 0 Å². The average Bonchev–Trinajstić information content (AvgIpc) is 2.57. The zero-order valence-electron chi connectivity index (χ0n) is 15.5. The predicted octanol–water partition coefficient (Wildman–Crippen LogP) is 0.827. The van der Waals surface area contributed by atoms with Crippen LogP contribution in [0.4, 0.5) is 0 Å². The summed E-state index contributed by atoms with van der Waals surface area (Å²) >= 11 is 0. The van der Waals surface area contributed by atoms with Gasteiger partial charge in [0, 0.05) is 0 Å². The summed E-state index contributed by atoms with van der Waals surface area (Å²) in [7, 11) is -2.88. The van der Waals surface area contributed by atoms with Crippen molar-refractivity contribution in [2.45, 2.75) is 46.1 Å². The molecule has 1 fully saturated rings. The summed E-state index contributed by atoms with van der Waals surface area (Å²) in [4.78, 5) is 45.1. The van der Waals surface area contributed by atoms with E-state index in [-0.39, 0.29) is 26.0 Å². The van der Waals surface area contributed by atoms with Gasteiger partial charge in [0.2, 0.25) is 0 Å². The first-order chi connectivity index (χ1) is 12.1. The summed E-state index contributed by atoms with van der Waals surface area (Å²) in [5.74, 6) is -1.45. The van der Waals surface area contributed by atoms with Gasteiger partial charge in [-0.15, -0.1) is 0 Å². The van der Waals surface area contributed by atoms with E-state index in [2.05, 4.69) is 10.1 Å². The number of carbonyl (C=O) groups is 3. The first-order valence-electron chi connectivity index (χ1n) is 8.32. The van der Waals surface area contributed by atoms with Crippen molar-refractivity contribution in [3.05, 3.63) is 0 Å². The van der Waals surface area contributed by atoms with E-state index in [4.69, 9.17) is 18.3 Å². The molecule has 0 bridgehead atoms. The summed E-state index contributed by atoms with van der Waals surface area (Å²) in [6, 6.07) is 0. The zero-order valence-corrected chi connectivity index (χ0v) is 16.5. The van der Waals surface area contributed by atoms with Crippen molar-refractivity contribution in [2.24, 2.45) is 5.41 Å². The Morgan fingerprint density at radius 1 is 1.27 bits per heavy atom. The third-order valence-corrected chi connectivity index (χ3v) is 5.14. The van der Waals surface area contributed by atoms with Gasteiger partial charge >= 0.3 is 152 Å². The van der Waals surface area contributed by atoms with Crippen LogP contribution in [0.15, 0.2) is 0 Å². The van der Waals surface area contributed by atoms with Crippen molar-refractivity contribution in [1.82, 2.24) is 5.32 Å². The molecule has 0 spiro atoms. The van der Waals surface area contributed by atoms with Gasteiger partial charge in [-0.25, -0.2) is 0 Å². The Labute approximate surface area is 153 Å². The van der Waals surface area contributed by atoms with E-state index in [1.807, 2.05) is 6.92 Å². The van der Waals surface area contributed by atoms with E-state index in [1.165, 1.54) is 7.11 Å². The third kappa shape index (κ3) is 7.13. The molecule has 0 aromatic rings. The van der Waals surface area contributed by atoms with Gasteiger partial charge in [-0.1, -0.05) is 0 Å². The molecular weight excluding hydrogens is 369 g/mol. The topological polar surface area (TPSA) is 130 Å². The summed E-state index contributed by atoms with van der Waals surface area (Å²) in [6.45, 7) is 4.83. The second kappa shape index (κ2) is 10.1. The number of methoxy groups -OCH3 is 1. The Morgan fingerprint density at radius 3 is 2.58 bits per heavy atom. The molecule has 11 heteroatoms. The van der Waals surface area contributed by atoms with Crippen LogP contribution in [0.3, 0.4) is 0 Å². The van der Waals surface area contributed by atoms with Gasteiger partial charge in [0.15, 0.2) is 0 Å². The molecule has 1 amide bonds. The van der Waals surface area contributed by atoms with E-state index in [1.54, 1.807) is 13.8 Å². The first-order valence-corrected chi connectivity index (χ1v) is 9.99. The number of carbonyl (C=O) groups excluding carboxylic acids is 3. The molecule has 0 radical (unpaired) electrons. The van der Waals surface area contributed by atoms with Crippen molar-refractivity contribution in [3.8, 4) is 0 Å². The summed E-state index contributed by atoms with van der Waals surface area (Å²) in [5, 5.41) is 2.55. The Kier molecular flexibility index (Phi) is 8.85. The quantitative estimate of drug-likeness (QED) is 0.330. The van der Waals surface area contributed by atoms with Gasteiger partial charge < -0.3 is 0 Å². The van der Waals surface area contributed by atoms with Crippen molar-refractivity contribution >= 4 is 26.0 Å². The summed E-state index contributed by atoms with van der Waals surface area (Å²) in [6.07, 6.45) is -0.201. The number of ether oxygens (including phenoxy) is 2. The standard InChI is InChI=1S/C15H28NO9P/c1-5-6-12(18)22-10-24-26(20)23-9-15(2,3)13(25-26)14(19)16-8-7-11(17)21-4/h13,20,26H,5-10H2,1-4H3,(H,16,19)/t13-/m0/s1. The summed E-state index contributed by atoms with van der Waals surface area (Å²) < 4.78 is 25.0. The molecule has 1 saturated heterocycles. The number of amides is 1. The van der Waals surface area contributed by atoms with Gasteiger partial charge in [-0.05, 0) is 0 Å². The molecule has 10 nitrogen and oxygen atoms in total. The molecule has 1 aliphatic rings. The molecule has 0 aliphatic carbocycles. The number of hydrogen-bond acceptors (Lipinski definition) is 9. The SMILES string of the molecule is CCCC(=O)OCO[PH]1(O)OCC(C)(C)[C@H](C(=O)NCCC(=O)OC)O1. The Hall–Kier alpha value is -1.32. The molecule has 1 heterocycles. The van der Waals surface area contributed by atoms with Gasteiger partial charge in [0.1, 0.15) is 0 Å². The maximum absolute atomic E-state index is 12.4. The fraction of sp³-hybridized carbons (Fsp3) is 0.800. The second-order valence-corrected chi connectivity index (χ2v) is 8.31. The minimum absolute atomic E-state index is 0.00766. The fourth-order valence-corrected chi connectivity index (χ4v) is 3.81. The van der Waals surface area contributed by atoms with Gasteiger partial charge in [-0.2, -0.15) is 0 Å². The molecule has 1 aliphatic heterocycles. The number of rotatable bonds is 9. The molecule has 1 rings (SSSR count). The minimum atomic E-state index is -4.14. The van der Waals surface area contributed by atoms with Crippen LogP contribution in [0.5, 0.6) is 0 Å². The maximum atomic E-state index is 12.4. The number of hydrogen-bond donors (Lipinski definition) is 2. The number of nitrogens with one attached hydrogen (secondary N) is 1. The van der Waals surface area contributed by atoms with Gasteiger partial charge in [0.25, 0.3) is 0 Å². The molecule has 26 heavy (non-hydrogen) atoms. The molecule has 1 atom stereocenters. The monoisotopic (exact) mass is 397 g/mol. The van der Waals surface area contributed by atoms with E-state index < -0.39 is 44.3 Å². The van der Waals surface area contributed by atoms with Crippen LogP contribution in [0, 0.1) is 5.41 Å². The van der Waals surface area contributed by atoms with Crippen LogP contribution in [-0.4, -0.2) is 55.9 Å². The van der Waals surface area contributed by atoms with Gasteiger partial charge in [-0.3, -0.25) is 0 Å². The third-order valence-electron chi connectivity index (χ3n) is 3.61. The van der Waals surface area contributed by atoms with Crippen LogP contribution < -0.4 is 5.32 Å². The van der Waals surface area contributed by atoms with Crippen LogP contribution in [0.25, 0.3) is 0 Å². The molecule has 2 N–H and O–H groups in total. The van der Waals surface area contributed by atoms with Crippen molar-refractivity contribution in [2.75, 3.05) is 27.1 Å². The first kappa shape index (κ1) is 22.7. The Bertz CT molecular complexity index is 513. The van der Waals surface area contributed by atoms with Crippen LogP contribution in [-0.2, 0) is 37.4 Å². The molecule has 0 aromatic carbocycles. The van der Waals surface area contributed by atoms with Crippen LogP contribution in [0.1, 0.15) is 40.0 Å². The van der Waals surface area contributed by atoms with E-state index in [9.17, 15) is 19.3 Å². The summed E-state index contributed by atoms with van der Waals surface area (Å²) in [5.41, 5.74) is -0.739. The fourth-order valence-electron chi connectivity index (χ4n) is 2.11. The Morgan fingerprint density at radius 2 is 1.96 bits per heavy atom. The predicted molar refractivity (Wildman–Crippen MR) is 91.7 cm³/mol. The number of esters is 2. The van der Waals surface area contributed by atoms with Gasteiger partial charge in [0.05, 0.1) is 0 Å². The zero-order chi connectivity index (χ0) is 19.8. The van der Waals surface area contributed by atoms with Crippen molar-refractivity contribution < 1.29 is 42.3 Å². The molecule has 0 saturated carbocycles. The van der Waals surface area contributed by atoms with E-state index >= 15 is 0 Å². The van der Waals surface area contributed by atoms with Crippen molar-refractivity contribution in [1.29, 1.82) is 0 Å².